The minimum atomic E-state index is -0.296. The number of ketones is 1. The summed E-state index contributed by atoms with van der Waals surface area (Å²) in [5, 5.41) is 3.01. The summed E-state index contributed by atoms with van der Waals surface area (Å²) in [5.74, 6) is -0.296. The van der Waals surface area contributed by atoms with Crippen molar-refractivity contribution in [2.45, 2.75) is 0 Å². The molecule has 0 aliphatic rings. The van der Waals surface area contributed by atoms with Gasteiger partial charge in [0.05, 0.1) is 6.54 Å². The molecule has 0 bridgehead atoms. The van der Waals surface area contributed by atoms with Crippen molar-refractivity contribution in [3.63, 3.8) is 0 Å². The first-order valence-corrected chi connectivity index (χ1v) is 2.23. The highest BCUT2D eigenvalue weighted by Crippen LogP contribution is 1.76. The largest absolute Gasteiger partial charge is 0.404 e. The highest BCUT2D eigenvalue weighted by Gasteiger charge is 1.89. The second-order valence-electron chi connectivity index (χ2n) is 1.21. The van der Waals surface area contributed by atoms with E-state index in [9.17, 15) is 4.79 Å². The number of nitrogens with zero attached hydrogens (tertiary/aromatic N) is 3. The Morgan fingerprint density at radius 3 is 3.00 bits per heavy atom. The molecule has 5 nitrogen and oxygen atoms in total. The van der Waals surface area contributed by atoms with Gasteiger partial charge in [-0.05, 0) is 17.8 Å². The van der Waals surface area contributed by atoms with Crippen LogP contribution in [0.1, 0.15) is 0 Å². The summed E-state index contributed by atoms with van der Waals surface area (Å²) in [6, 6.07) is 0. The van der Waals surface area contributed by atoms with Gasteiger partial charge in [-0.3, -0.25) is 4.79 Å². The minimum absolute atomic E-state index is 0.163. The van der Waals surface area contributed by atoms with Gasteiger partial charge in [0.2, 0.25) is 0 Å². The van der Waals surface area contributed by atoms with Crippen LogP contribution in [0.15, 0.2) is 17.4 Å². The van der Waals surface area contributed by atoms with Crippen molar-refractivity contribution in [2.75, 3.05) is 6.54 Å². The topological polar surface area (TPSA) is 91.9 Å². The first-order valence-electron chi connectivity index (χ1n) is 2.23. The van der Waals surface area contributed by atoms with Crippen LogP contribution >= 0.6 is 0 Å². The second kappa shape index (κ2) is 4.67. The molecule has 0 aromatic carbocycles. The normalized spacial score (nSPS) is 8.89. The number of hydrogen-bond acceptors (Lipinski definition) is 3. The van der Waals surface area contributed by atoms with E-state index in [1.807, 2.05) is 0 Å². The zero-order chi connectivity index (χ0) is 7.11. The summed E-state index contributed by atoms with van der Waals surface area (Å²) in [6.45, 7) is -0.163. The number of nitrogens with two attached hydrogens (primary N) is 1. The van der Waals surface area contributed by atoms with E-state index in [1.54, 1.807) is 0 Å². The molecule has 0 rings (SSSR count). The Kier molecular flexibility index (Phi) is 3.90. The Labute approximate surface area is 51.8 Å². The third-order valence-corrected chi connectivity index (χ3v) is 0.572. The van der Waals surface area contributed by atoms with Crippen LogP contribution < -0.4 is 5.73 Å². The van der Waals surface area contributed by atoms with E-state index in [0.29, 0.717) is 0 Å². The Morgan fingerprint density at radius 1 is 1.89 bits per heavy atom. The van der Waals surface area contributed by atoms with E-state index in [0.717, 1.165) is 12.3 Å². The quantitative estimate of drug-likeness (QED) is 0.255. The molecule has 0 amide bonds. The lowest BCUT2D eigenvalue weighted by Gasteiger charge is -1.79. The van der Waals surface area contributed by atoms with Gasteiger partial charge in [-0.15, -0.1) is 0 Å². The molecule has 0 fully saturated rings. The van der Waals surface area contributed by atoms with Crippen LogP contribution in [0.2, 0.25) is 0 Å². The molecule has 0 spiro atoms. The predicted molar refractivity (Wildman–Crippen MR) is 32.3 cm³/mol. The van der Waals surface area contributed by atoms with Crippen LogP contribution in [0.3, 0.4) is 0 Å². The Morgan fingerprint density at radius 2 is 2.56 bits per heavy atom. The van der Waals surface area contributed by atoms with Gasteiger partial charge >= 0.3 is 0 Å². The maximum atomic E-state index is 10.4. The van der Waals surface area contributed by atoms with Gasteiger partial charge in [0.15, 0.2) is 5.78 Å². The summed E-state index contributed by atoms with van der Waals surface area (Å²) in [4.78, 5) is 12.8. The Balaban J connectivity index is 3.64. The summed E-state index contributed by atoms with van der Waals surface area (Å²) in [6.07, 6.45) is 2.25. The average molecular weight is 126 g/mol. The lowest BCUT2D eigenvalue weighted by molar-refractivity contribution is -0.113. The number of azide groups is 1. The molecule has 0 atom stereocenters. The van der Waals surface area contributed by atoms with Crippen molar-refractivity contribution in [3.05, 3.63) is 22.7 Å². The van der Waals surface area contributed by atoms with Gasteiger partial charge in [0.1, 0.15) is 0 Å². The molecule has 48 valence electrons. The third kappa shape index (κ3) is 4.37. The Hall–Kier alpha value is -1.48. The molecule has 0 aromatic rings. The fourth-order valence-electron chi connectivity index (χ4n) is 0.261. The van der Waals surface area contributed by atoms with Crippen molar-refractivity contribution in [2.24, 2.45) is 10.8 Å². The molecule has 9 heavy (non-hydrogen) atoms. The molecule has 0 saturated heterocycles. The minimum Gasteiger partial charge on any atom is -0.404 e. The molecule has 0 heterocycles. The van der Waals surface area contributed by atoms with Gasteiger partial charge in [-0.2, -0.15) is 0 Å². The monoisotopic (exact) mass is 126 g/mol. The zero-order valence-electron chi connectivity index (χ0n) is 4.69. The van der Waals surface area contributed by atoms with E-state index in [-0.39, 0.29) is 12.3 Å². The summed E-state index contributed by atoms with van der Waals surface area (Å²) >= 11 is 0. The highest BCUT2D eigenvalue weighted by molar-refractivity contribution is 5.91. The van der Waals surface area contributed by atoms with Crippen LogP contribution in [0, 0.1) is 0 Å². The summed E-state index contributed by atoms with van der Waals surface area (Å²) < 4.78 is 0. The van der Waals surface area contributed by atoms with Gasteiger partial charge in [0, 0.05) is 4.91 Å². The maximum Gasteiger partial charge on any atom is 0.162 e. The number of carbonyl (C=O) groups excluding carboxylic acids is 1. The number of rotatable bonds is 3. The van der Waals surface area contributed by atoms with E-state index < -0.39 is 0 Å². The predicted octanol–water partition coefficient (Wildman–Crippen LogP) is 0.338. The molecule has 0 aliphatic heterocycles. The van der Waals surface area contributed by atoms with Crippen LogP contribution in [0.25, 0.3) is 10.4 Å². The number of hydrogen-bond donors (Lipinski definition) is 1. The summed E-state index contributed by atoms with van der Waals surface area (Å²) in [5.41, 5.74) is 12.6. The number of carbonyl (C=O) groups is 1. The molecular formula is C4H6N4O. The average Bonchev–Trinajstić information content (AvgIpc) is 1.85. The standard InChI is InChI=1S/C4H6N4O/c5-2-1-4(9)3-7-8-6/h1-2H,3,5H2. The third-order valence-electron chi connectivity index (χ3n) is 0.572. The van der Waals surface area contributed by atoms with Gasteiger partial charge in [-0.1, -0.05) is 5.11 Å². The molecule has 0 aromatic heterocycles. The lowest BCUT2D eigenvalue weighted by atomic mass is 10.4. The molecular weight excluding hydrogens is 120 g/mol. The van der Waals surface area contributed by atoms with Gasteiger partial charge in [0.25, 0.3) is 0 Å². The van der Waals surface area contributed by atoms with E-state index in [1.165, 1.54) is 0 Å². The van der Waals surface area contributed by atoms with Crippen molar-refractivity contribution >= 4 is 5.78 Å². The first kappa shape index (κ1) is 7.52. The molecule has 0 aliphatic carbocycles. The molecule has 2 N–H and O–H groups in total. The van der Waals surface area contributed by atoms with Crippen LogP contribution in [-0.4, -0.2) is 12.3 Å². The van der Waals surface area contributed by atoms with Gasteiger partial charge in [-0.25, -0.2) is 0 Å². The van der Waals surface area contributed by atoms with Crippen molar-refractivity contribution in [3.8, 4) is 0 Å². The second-order valence-corrected chi connectivity index (χ2v) is 1.21. The van der Waals surface area contributed by atoms with Crippen molar-refractivity contribution in [1.29, 1.82) is 0 Å². The fraction of sp³-hybridized carbons (Fsp3) is 0.250. The molecule has 5 heteroatoms. The van der Waals surface area contributed by atoms with Crippen molar-refractivity contribution in [1.82, 2.24) is 0 Å². The van der Waals surface area contributed by atoms with Crippen molar-refractivity contribution < 1.29 is 4.79 Å². The van der Waals surface area contributed by atoms with Gasteiger partial charge < -0.3 is 5.73 Å². The first-order chi connectivity index (χ1) is 4.31. The Bertz CT molecular complexity index is 167. The fourth-order valence-corrected chi connectivity index (χ4v) is 0.261. The van der Waals surface area contributed by atoms with E-state index >= 15 is 0 Å². The highest BCUT2D eigenvalue weighted by atomic mass is 16.1. The van der Waals surface area contributed by atoms with E-state index in [4.69, 9.17) is 11.3 Å². The maximum absolute atomic E-state index is 10.4. The van der Waals surface area contributed by atoms with Crippen LogP contribution in [-0.2, 0) is 4.79 Å². The van der Waals surface area contributed by atoms with Crippen LogP contribution in [0.4, 0.5) is 0 Å². The molecule has 0 unspecified atom stereocenters. The van der Waals surface area contributed by atoms with Crippen LogP contribution in [0.5, 0.6) is 0 Å². The SMILES string of the molecule is [N-]=[N+]=NCC(=O)C=CN. The molecule has 0 saturated carbocycles. The summed E-state index contributed by atoms with van der Waals surface area (Å²) in [7, 11) is 0. The molecule has 0 radical (unpaired) electrons. The van der Waals surface area contributed by atoms with E-state index in [2.05, 4.69) is 10.0 Å². The smallest absolute Gasteiger partial charge is 0.162 e. The lowest BCUT2D eigenvalue weighted by Crippen LogP contribution is -1.97. The zero-order valence-corrected chi connectivity index (χ0v) is 4.69.